The Balaban J connectivity index is 1.01. The Kier molecular flexibility index (Phi) is 13.3. The highest BCUT2D eigenvalue weighted by atomic mass is 19.1. The number of aromatic nitrogens is 2. The molecule has 2 aliphatic carbocycles. The topological polar surface area (TPSA) is 233 Å². The molecule has 4 atom stereocenters. The zero-order chi connectivity index (χ0) is 46.0. The Morgan fingerprint density at radius 3 is 2.31 bits per heavy atom. The summed E-state index contributed by atoms with van der Waals surface area (Å²) in [4.78, 5) is 96.2. The number of nitrogens with two attached hydrogens (primary N) is 1. The molecular formula is C47H55FN8O8. The molecule has 4 aromatic rings. The van der Waals surface area contributed by atoms with Gasteiger partial charge in [-0.2, -0.15) is 0 Å². The second kappa shape index (κ2) is 18.7. The third-order valence-electron chi connectivity index (χ3n) is 12.2. The van der Waals surface area contributed by atoms with Gasteiger partial charge in [0.05, 0.1) is 61.6 Å². The lowest BCUT2D eigenvalue weighted by Crippen LogP contribution is -2.52. The van der Waals surface area contributed by atoms with Crippen LogP contribution in [0.4, 0.5) is 4.39 Å². The van der Waals surface area contributed by atoms with Crippen LogP contribution in [0.2, 0.25) is 0 Å². The lowest BCUT2D eigenvalue weighted by atomic mass is 9.81. The molecule has 2 aromatic heterocycles. The van der Waals surface area contributed by atoms with E-state index < -0.39 is 85.3 Å². The summed E-state index contributed by atoms with van der Waals surface area (Å²) in [7, 11) is 0. The van der Waals surface area contributed by atoms with Crippen LogP contribution in [0.5, 0.6) is 0 Å². The summed E-state index contributed by atoms with van der Waals surface area (Å²) in [5.41, 5.74) is 12.3. The number of benzene rings is 2. The number of fused-ring (bicyclic) bond motifs is 5. The summed E-state index contributed by atoms with van der Waals surface area (Å²) < 4.78 is 22.3. The molecule has 1 aliphatic heterocycles. The predicted molar refractivity (Wildman–Crippen MR) is 235 cm³/mol. The molecule has 7 N–H and O–H groups in total. The molecule has 338 valence electrons. The third kappa shape index (κ3) is 9.83. The van der Waals surface area contributed by atoms with E-state index >= 15 is 4.39 Å². The van der Waals surface area contributed by atoms with Crippen LogP contribution in [0.3, 0.4) is 0 Å². The maximum absolute atomic E-state index is 15.4. The van der Waals surface area contributed by atoms with Gasteiger partial charge >= 0.3 is 5.97 Å². The number of ether oxygens (including phenoxy) is 1. The van der Waals surface area contributed by atoms with E-state index in [2.05, 4.69) is 39.6 Å². The summed E-state index contributed by atoms with van der Waals surface area (Å²) >= 11 is 0. The van der Waals surface area contributed by atoms with Crippen molar-refractivity contribution in [2.45, 2.75) is 116 Å². The van der Waals surface area contributed by atoms with Gasteiger partial charge < -0.3 is 41.6 Å². The highest BCUT2D eigenvalue weighted by Gasteiger charge is 2.37. The van der Waals surface area contributed by atoms with Crippen molar-refractivity contribution in [3.05, 3.63) is 97.6 Å². The van der Waals surface area contributed by atoms with Gasteiger partial charge in [-0.25, -0.2) is 9.37 Å². The van der Waals surface area contributed by atoms with Gasteiger partial charge in [0.15, 0.2) is 0 Å². The molecule has 0 radical (unpaired) electrons. The van der Waals surface area contributed by atoms with Crippen molar-refractivity contribution < 1.29 is 37.9 Å². The molecular weight excluding hydrogens is 824 g/mol. The van der Waals surface area contributed by atoms with Gasteiger partial charge in [-0.05, 0) is 99.6 Å². The zero-order valence-corrected chi connectivity index (χ0v) is 36.7. The first-order valence-electron chi connectivity index (χ1n) is 21.8. The molecule has 2 unspecified atom stereocenters. The van der Waals surface area contributed by atoms with Crippen LogP contribution in [0.1, 0.15) is 104 Å². The number of carbonyl (C=O) groups excluding carboxylic acids is 6. The van der Waals surface area contributed by atoms with Crippen molar-refractivity contribution >= 4 is 46.4 Å². The highest BCUT2D eigenvalue weighted by Crippen LogP contribution is 2.46. The van der Waals surface area contributed by atoms with E-state index in [4.69, 9.17) is 15.5 Å². The lowest BCUT2D eigenvalue weighted by Gasteiger charge is -2.30. The van der Waals surface area contributed by atoms with Crippen molar-refractivity contribution in [2.75, 3.05) is 19.6 Å². The molecule has 0 saturated carbocycles. The van der Waals surface area contributed by atoms with Gasteiger partial charge in [-0.15, -0.1) is 0 Å². The second-order valence-electron chi connectivity index (χ2n) is 17.8. The number of esters is 1. The van der Waals surface area contributed by atoms with E-state index in [1.807, 2.05) is 0 Å². The van der Waals surface area contributed by atoms with E-state index in [1.54, 1.807) is 62.6 Å². The minimum absolute atomic E-state index is 0.0404. The number of rotatable bonds is 15. The van der Waals surface area contributed by atoms with Gasteiger partial charge in [0.1, 0.15) is 17.5 Å². The minimum Gasteiger partial charge on any atom is -0.460 e. The number of nitrogens with one attached hydrogen (secondary N) is 5. The van der Waals surface area contributed by atoms with Crippen LogP contribution < -0.4 is 37.9 Å². The van der Waals surface area contributed by atoms with E-state index in [0.717, 1.165) is 58.0 Å². The summed E-state index contributed by atoms with van der Waals surface area (Å²) in [5.74, 6) is -4.10. The Morgan fingerprint density at radius 2 is 1.59 bits per heavy atom. The number of halogens is 1. The number of amides is 5. The predicted octanol–water partition coefficient (Wildman–Crippen LogP) is 2.55. The maximum atomic E-state index is 15.4. The van der Waals surface area contributed by atoms with E-state index in [-0.39, 0.29) is 30.3 Å². The van der Waals surface area contributed by atoms with Crippen molar-refractivity contribution in [3.8, 4) is 11.4 Å². The SMILES string of the molecule is CCC1CCc2c1cc1n(c2=O)Cc2c-1nc1cc(F)c(C)c3c1c2[C@@H](NC(=O)CNC(=O)[C@H](Cc1ccccc1)NC(=O)CNC(=O)CNC(=O)C(N)CC(=O)OC(C)(C)C)CC3. The average molecular weight is 879 g/mol. The normalized spacial score (nSPS) is 16.7. The van der Waals surface area contributed by atoms with Gasteiger partial charge in [-0.3, -0.25) is 33.6 Å². The summed E-state index contributed by atoms with van der Waals surface area (Å²) in [6.45, 7) is 7.65. The van der Waals surface area contributed by atoms with Gasteiger partial charge in [0.2, 0.25) is 29.5 Å². The van der Waals surface area contributed by atoms with Gasteiger partial charge in [0, 0.05) is 29.0 Å². The summed E-state index contributed by atoms with van der Waals surface area (Å²) in [6, 6.07) is 9.48. The summed E-state index contributed by atoms with van der Waals surface area (Å²) in [5, 5.41) is 13.8. The first-order chi connectivity index (χ1) is 30.4. The number of pyridine rings is 2. The Morgan fingerprint density at radius 1 is 0.906 bits per heavy atom. The molecule has 3 heterocycles. The van der Waals surface area contributed by atoms with Crippen LogP contribution in [0.15, 0.2) is 47.3 Å². The van der Waals surface area contributed by atoms with Crippen LogP contribution in [0, 0.1) is 12.7 Å². The van der Waals surface area contributed by atoms with Crippen LogP contribution in [0.25, 0.3) is 22.3 Å². The Labute approximate surface area is 369 Å². The van der Waals surface area contributed by atoms with Crippen LogP contribution in [-0.2, 0) is 59.3 Å². The van der Waals surface area contributed by atoms with Crippen molar-refractivity contribution in [1.82, 2.24) is 36.1 Å². The molecule has 7 rings (SSSR count). The van der Waals surface area contributed by atoms with Gasteiger partial charge in [-0.1, -0.05) is 37.3 Å². The smallest absolute Gasteiger partial charge is 0.308 e. The lowest BCUT2D eigenvalue weighted by molar-refractivity contribution is -0.156. The number of carbonyl (C=O) groups is 6. The Hall–Kier alpha value is -6.49. The van der Waals surface area contributed by atoms with E-state index in [0.29, 0.717) is 35.3 Å². The first-order valence-corrected chi connectivity index (χ1v) is 21.8. The molecule has 3 aliphatic rings. The molecule has 0 fully saturated rings. The van der Waals surface area contributed by atoms with Crippen molar-refractivity contribution in [3.63, 3.8) is 0 Å². The molecule has 0 saturated heterocycles. The van der Waals surface area contributed by atoms with Crippen molar-refractivity contribution in [1.29, 1.82) is 0 Å². The first kappa shape index (κ1) is 45.5. The quantitative estimate of drug-likeness (QED) is 0.0842. The minimum atomic E-state index is -1.26. The number of nitrogens with zero attached hydrogens (tertiary/aromatic N) is 2. The molecule has 5 amide bonds. The third-order valence-corrected chi connectivity index (χ3v) is 12.2. The fourth-order valence-corrected chi connectivity index (χ4v) is 9.06. The molecule has 16 nitrogen and oxygen atoms in total. The maximum Gasteiger partial charge on any atom is 0.308 e. The zero-order valence-electron chi connectivity index (χ0n) is 36.7. The molecule has 17 heteroatoms. The van der Waals surface area contributed by atoms with E-state index in [1.165, 1.54) is 6.07 Å². The largest absolute Gasteiger partial charge is 0.460 e. The number of aryl methyl sites for hydroxylation is 1. The number of hydrogen-bond acceptors (Lipinski definition) is 10. The average Bonchev–Trinajstić information content (AvgIpc) is 3.84. The molecule has 64 heavy (non-hydrogen) atoms. The molecule has 2 aromatic carbocycles. The summed E-state index contributed by atoms with van der Waals surface area (Å²) in [6.07, 6.45) is 3.14. The molecule has 0 bridgehead atoms. The fourth-order valence-electron chi connectivity index (χ4n) is 9.06. The number of hydrogen-bond donors (Lipinski definition) is 6. The highest BCUT2D eigenvalue weighted by molar-refractivity contribution is 5.95. The van der Waals surface area contributed by atoms with E-state index in [9.17, 15) is 33.6 Å². The van der Waals surface area contributed by atoms with Gasteiger partial charge in [0.25, 0.3) is 5.56 Å². The van der Waals surface area contributed by atoms with Crippen LogP contribution in [-0.4, -0.2) is 82.4 Å². The monoisotopic (exact) mass is 878 g/mol. The standard InChI is InChI=1S/C47H55FN8O8/c1-6-26-12-13-28-29(26)17-36-43-30(23-56(36)46(28)63)42-33(15-14-27-24(2)31(48)18-34(55-43)41(27)42)53-39(59)22-52-45(62)35(16-25-10-8-7-9-11-25)54-38(58)21-50-37(57)20-51-44(61)32(49)19-40(60)64-47(3,4)5/h7-11,17-18,26,32-33,35H,6,12-16,19-23,49H2,1-5H3,(H,50,57)(H,51,61)(H,52,62)(H,53,59)(H,54,58)/t26?,32?,33-,35-/m0/s1. The van der Waals surface area contributed by atoms with Crippen molar-refractivity contribution in [2.24, 2.45) is 5.73 Å². The Bertz CT molecular complexity index is 2610. The fraction of sp³-hybridized carbons (Fsp3) is 0.447. The van der Waals surface area contributed by atoms with Crippen LogP contribution >= 0.6 is 0 Å². The second-order valence-corrected chi connectivity index (χ2v) is 17.8. The molecule has 0 spiro atoms.